The molecule has 0 spiro atoms. The third kappa shape index (κ3) is 2.34. The first-order valence-corrected chi connectivity index (χ1v) is 9.13. The Hall–Kier alpha value is -1.58. The fourth-order valence-corrected chi connectivity index (χ4v) is 5.26. The molecule has 2 saturated carbocycles. The average Bonchev–Trinajstić information content (AvgIpc) is 3.30. The molecule has 0 aromatic carbocycles. The summed E-state index contributed by atoms with van der Waals surface area (Å²) < 4.78 is 10.9. The summed E-state index contributed by atoms with van der Waals surface area (Å²) in [7, 11) is 0. The van der Waals surface area contributed by atoms with Gasteiger partial charge in [0, 0.05) is 0 Å². The van der Waals surface area contributed by atoms with Gasteiger partial charge in [-0.1, -0.05) is 24.3 Å². The molecule has 0 saturated heterocycles. The van der Waals surface area contributed by atoms with E-state index < -0.39 is 10.8 Å². The standard InChI is InChI=1S/C20H26O4/c1-19(11-13-3-5-15(19)9-13)17(21)23-7-8-24-18(22)20(2)12-14-4-6-16(20)10-14/h3-6,13-16H,7-12H2,1-2H3. The van der Waals surface area contributed by atoms with Crippen molar-refractivity contribution in [2.24, 2.45) is 34.5 Å². The quantitative estimate of drug-likeness (QED) is 0.441. The van der Waals surface area contributed by atoms with Crippen molar-refractivity contribution in [1.82, 2.24) is 0 Å². The van der Waals surface area contributed by atoms with Gasteiger partial charge < -0.3 is 9.47 Å². The second-order valence-electron chi connectivity index (χ2n) is 8.49. The fraction of sp³-hybridized carbons (Fsp3) is 0.700. The molecule has 130 valence electrons. The minimum Gasteiger partial charge on any atom is -0.462 e. The molecule has 0 aromatic heterocycles. The highest BCUT2D eigenvalue weighted by Gasteiger charge is 2.52. The lowest BCUT2D eigenvalue weighted by molar-refractivity contribution is -0.165. The summed E-state index contributed by atoms with van der Waals surface area (Å²) in [6.07, 6.45) is 12.6. The SMILES string of the molecule is CC1(C(=O)OCCOC(=O)C2(C)CC3C=CC2C3)CC2C=CC1C2. The number of esters is 2. The lowest BCUT2D eigenvalue weighted by atomic mass is 9.77. The van der Waals surface area contributed by atoms with E-state index in [2.05, 4.69) is 24.3 Å². The lowest BCUT2D eigenvalue weighted by Gasteiger charge is -2.30. The van der Waals surface area contributed by atoms with E-state index in [1.54, 1.807) is 0 Å². The van der Waals surface area contributed by atoms with Gasteiger partial charge in [0.25, 0.3) is 0 Å². The zero-order chi connectivity index (χ0) is 16.9. The minimum absolute atomic E-state index is 0.149. The normalized spacial score (nSPS) is 44.2. The van der Waals surface area contributed by atoms with Crippen LogP contribution in [0.3, 0.4) is 0 Å². The van der Waals surface area contributed by atoms with Gasteiger partial charge in [-0.15, -0.1) is 0 Å². The van der Waals surface area contributed by atoms with Crippen LogP contribution in [0.25, 0.3) is 0 Å². The van der Waals surface area contributed by atoms with E-state index in [9.17, 15) is 9.59 Å². The molecular weight excluding hydrogens is 304 g/mol. The Balaban J connectivity index is 1.24. The van der Waals surface area contributed by atoms with Gasteiger partial charge in [-0.05, 0) is 63.2 Å². The number of rotatable bonds is 5. The first-order chi connectivity index (χ1) is 11.4. The van der Waals surface area contributed by atoms with Crippen LogP contribution in [-0.2, 0) is 19.1 Å². The lowest BCUT2D eigenvalue weighted by Crippen LogP contribution is -2.36. The maximum absolute atomic E-state index is 12.4. The highest BCUT2D eigenvalue weighted by Crippen LogP contribution is 2.53. The van der Waals surface area contributed by atoms with Crippen molar-refractivity contribution in [3.05, 3.63) is 24.3 Å². The number of fused-ring (bicyclic) bond motifs is 4. The van der Waals surface area contributed by atoms with Crippen molar-refractivity contribution in [3.63, 3.8) is 0 Å². The van der Waals surface area contributed by atoms with Gasteiger partial charge in [0.1, 0.15) is 13.2 Å². The molecular formula is C20H26O4. The molecule has 24 heavy (non-hydrogen) atoms. The summed E-state index contributed by atoms with van der Waals surface area (Å²) in [6.45, 7) is 4.30. The molecule has 4 heteroatoms. The van der Waals surface area contributed by atoms with E-state index >= 15 is 0 Å². The number of carbonyl (C=O) groups is 2. The summed E-state index contributed by atoms with van der Waals surface area (Å²) >= 11 is 0. The summed E-state index contributed by atoms with van der Waals surface area (Å²) in [4.78, 5) is 24.8. The number of carbonyl (C=O) groups excluding carboxylic acids is 2. The van der Waals surface area contributed by atoms with E-state index in [4.69, 9.17) is 9.47 Å². The summed E-state index contributed by atoms with van der Waals surface area (Å²) in [5.74, 6) is 1.36. The topological polar surface area (TPSA) is 52.6 Å². The Kier molecular flexibility index (Phi) is 3.63. The second-order valence-corrected chi connectivity index (χ2v) is 8.49. The van der Waals surface area contributed by atoms with Gasteiger partial charge in [-0.25, -0.2) is 0 Å². The van der Waals surface area contributed by atoms with Crippen LogP contribution in [0.15, 0.2) is 24.3 Å². The van der Waals surface area contributed by atoms with Crippen LogP contribution in [0.5, 0.6) is 0 Å². The summed E-state index contributed by atoms with van der Waals surface area (Å²) in [5.41, 5.74) is -0.796. The zero-order valence-corrected chi connectivity index (χ0v) is 14.5. The smallest absolute Gasteiger partial charge is 0.312 e. The number of allylic oxidation sites excluding steroid dienone is 4. The first kappa shape index (κ1) is 15.9. The number of ether oxygens (including phenoxy) is 2. The molecule has 4 nitrogen and oxygen atoms in total. The molecule has 4 aliphatic carbocycles. The van der Waals surface area contributed by atoms with Gasteiger partial charge in [-0.2, -0.15) is 0 Å². The summed E-state index contributed by atoms with van der Waals surface area (Å²) in [6, 6.07) is 0. The Morgan fingerprint density at radius 2 is 1.25 bits per heavy atom. The number of hydrogen-bond acceptors (Lipinski definition) is 4. The van der Waals surface area contributed by atoms with Gasteiger partial charge >= 0.3 is 11.9 Å². The van der Waals surface area contributed by atoms with Crippen molar-refractivity contribution in [2.75, 3.05) is 13.2 Å². The first-order valence-electron chi connectivity index (χ1n) is 9.13. The molecule has 0 aromatic rings. The maximum atomic E-state index is 12.4. The van der Waals surface area contributed by atoms with Gasteiger partial charge in [0.2, 0.25) is 0 Å². The monoisotopic (exact) mass is 330 g/mol. The molecule has 0 heterocycles. The van der Waals surface area contributed by atoms with Crippen molar-refractivity contribution < 1.29 is 19.1 Å². The molecule has 6 unspecified atom stereocenters. The van der Waals surface area contributed by atoms with Crippen LogP contribution in [0.4, 0.5) is 0 Å². The highest BCUT2D eigenvalue weighted by molar-refractivity contribution is 5.79. The molecule has 0 N–H and O–H groups in total. The predicted molar refractivity (Wildman–Crippen MR) is 88.8 cm³/mol. The minimum atomic E-state index is -0.398. The molecule has 6 atom stereocenters. The third-order valence-electron chi connectivity index (χ3n) is 6.84. The van der Waals surface area contributed by atoms with E-state index in [-0.39, 0.29) is 25.2 Å². The molecule has 0 aliphatic heterocycles. The molecule has 4 bridgehead atoms. The van der Waals surface area contributed by atoms with Gasteiger partial charge in [0.15, 0.2) is 0 Å². The zero-order valence-electron chi connectivity index (χ0n) is 14.5. The van der Waals surface area contributed by atoms with Crippen molar-refractivity contribution in [1.29, 1.82) is 0 Å². The largest absolute Gasteiger partial charge is 0.462 e. The van der Waals surface area contributed by atoms with Crippen molar-refractivity contribution in [3.8, 4) is 0 Å². The average molecular weight is 330 g/mol. The molecule has 4 aliphatic rings. The van der Waals surface area contributed by atoms with Crippen LogP contribution in [-0.4, -0.2) is 25.2 Å². The Morgan fingerprint density at radius 1 is 0.833 bits per heavy atom. The molecule has 4 rings (SSSR count). The Bertz CT molecular complexity index is 567. The van der Waals surface area contributed by atoms with Gasteiger partial charge in [0.05, 0.1) is 10.8 Å². The van der Waals surface area contributed by atoms with E-state index in [1.807, 2.05) is 13.8 Å². The Labute approximate surface area is 143 Å². The van der Waals surface area contributed by atoms with Crippen LogP contribution < -0.4 is 0 Å². The molecule has 0 radical (unpaired) electrons. The van der Waals surface area contributed by atoms with Crippen LogP contribution in [0.2, 0.25) is 0 Å². The van der Waals surface area contributed by atoms with E-state index in [0.717, 1.165) is 25.7 Å². The van der Waals surface area contributed by atoms with Crippen molar-refractivity contribution >= 4 is 11.9 Å². The summed E-state index contributed by atoms with van der Waals surface area (Å²) in [5, 5.41) is 0. The fourth-order valence-electron chi connectivity index (χ4n) is 5.26. The molecule has 0 amide bonds. The molecule has 2 fully saturated rings. The Morgan fingerprint density at radius 3 is 1.54 bits per heavy atom. The predicted octanol–water partition coefficient (Wildman–Crippen LogP) is 3.28. The third-order valence-corrected chi connectivity index (χ3v) is 6.84. The van der Waals surface area contributed by atoms with Crippen LogP contribution in [0, 0.1) is 34.5 Å². The number of hydrogen-bond donors (Lipinski definition) is 0. The van der Waals surface area contributed by atoms with Gasteiger partial charge in [-0.3, -0.25) is 9.59 Å². The van der Waals surface area contributed by atoms with E-state index in [0.29, 0.717) is 23.7 Å². The maximum Gasteiger partial charge on any atom is 0.312 e. The van der Waals surface area contributed by atoms with Crippen LogP contribution >= 0.6 is 0 Å². The van der Waals surface area contributed by atoms with Crippen LogP contribution in [0.1, 0.15) is 39.5 Å². The second kappa shape index (κ2) is 5.47. The van der Waals surface area contributed by atoms with Crippen molar-refractivity contribution in [2.45, 2.75) is 39.5 Å². The highest BCUT2D eigenvalue weighted by atomic mass is 16.6. The van der Waals surface area contributed by atoms with E-state index in [1.165, 1.54) is 0 Å².